The molecule has 4 heteroatoms. The van der Waals surface area contributed by atoms with E-state index in [1.807, 2.05) is 0 Å². The van der Waals surface area contributed by atoms with Crippen LogP contribution in [-0.4, -0.2) is 25.1 Å². The zero-order valence-electron chi connectivity index (χ0n) is 14.0. The number of aryl methyl sites for hydroxylation is 1. The Morgan fingerprint density at radius 3 is 2.74 bits per heavy atom. The van der Waals surface area contributed by atoms with Crippen molar-refractivity contribution in [3.63, 3.8) is 0 Å². The molecule has 126 valence electrons. The molecule has 23 heavy (non-hydrogen) atoms. The molecule has 0 aromatic heterocycles. The van der Waals surface area contributed by atoms with E-state index in [9.17, 15) is 4.79 Å². The molecule has 4 nitrogen and oxygen atoms in total. The lowest BCUT2D eigenvalue weighted by molar-refractivity contribution is -0.135. The molecule has 4 atom stereocenters. The van der Waals surface area contributed by atoms with Crippen LogP contribution in [0, 0.1) is 18.8 Å². The van der Waals surface area contributed by atoms with Crippen LogP contribution in [-0.2, 0) is 9.53 Å². The molecular weight excluding hydrogens is 288 g/mol. The molecule has 0 radical (unpaired) electrons. The summed E-state index contributed by atoms with van der Waals surface area (Å²) in [6, 6.07) is 8.59. The molecule has 1 aromatic carbocycles. The van der Waals surface area contributed by atoms with Gasteiger partial charge in [0.15, 0.2) is 0 Å². The number of rotatable bonds is 4. The van der Waals surface area contributed by atoms with Gasteiger partial charge in [-0.15, -0.1) is 0 Å². The Morgan fingerprint density at radius 2 is 2.00 bits per heavy atom. The van der Waals surface area contributed by atoms with Crippen molar-refractivity contribution in [3.05, 3.63) is 35.4 Å². The van der Waals surface area contributed by atoms with Crippen molar-refractivity contribution in [2.45, 2.75) is 51.2 Å². The van der Waals surface area contributed by atoms with Crippen molar-refractivity contribution < 1.29 is 9.53 Å². The van der Waals surface area contributed by atoms with Gasteiger partial charge in [0.25, 0.3) is 0 Å². The van der Waals surface area contributed by atoms with Gasteiger partial charge in [-0.3, -0.25) is 4.79 Å². The Kier molecular flexibility index (Phi) is 5.34. The van der Waals surface area contributed by atoms with E-state index in [2.05, 4.69) is 36.5 Å². The first kappa shape index (κ1) is 16.5. The minimum Gasteiger partial charge on any atom is -0.373 e. The lowest BCUT2D eigenvalue weighted by Gasteiger charge is -2.32. The normalized spacial score (nSPS) is 31.0. The zero-order chi connectivity index (χ0) is 16.2. The third-order valence-electron chi connectivity index (χ3n) is 5.35. The van der Waals surface area contributed by atoms with Gasteiger partial charge in [-0.25, -0.2) is 0 Å². The van der Waals surface area contributed by atoms with Crippen LogP contribution in [0.1, 0.15) is 49.3 Å². The van der Waals surface area contributed by atoms with Crippen molar-refractivity contribution in [3.8, 4) is 0 Å². The largest absolute Gasteiger partial charge is 0.373 e. The van der Waals surface area contributed by atoms with Crippen molar-refractivity contribution in [1.82, 2.24) is 5.32 Å². The van der Waals surface area contributed by atoms with E-state index in [1.165, 1.54) is 5.56 Å². The maximum atomic E-state index is 12.8. The van der Waals surface area contributed by atoms with Gasteiger partial charge < -0.3 is 15.8 Å². The predicted octanol–water partition coefficient (Wildman–Crippen LogP) is 2.71. The molecule has 1 saturated carbocycles. The topological polar surface area (TPSA) is 64.3 Å². The van der Waals surface area contributed by atoms with Gasteiger partial charge in [0.2, 0.25) is 5.91 Å². The molecular formula is C19H28N2O2. The minimum absolute atomic E-state index is 0.0921. The van der Waals surface area contributed by atoms with Crippen molar-refractivity contribution in [1.29, 1.82) is 0 Å². The molecule has 2 aliphatic rings. The fourth-order valence-electron chi connectivity index (χ4n) is 3.93. The van der Waals surface area contributed by atoms with Crippen LogP contribution in [0.15, 0.2) is 24.3 Å². The fourth-order valence-corrected chi connectivity index (χ4v) is 3.93. The first-order valence-electron chi connectivity index (χ1n) is 8.87. The monoisotopic (exact) mass is 316 g/mol. The van der Waals surface area contributed by atoms with Gasteiger partial charge in [0.05, 0.1) is 12.0 Å². The van der Waals surface area contributed by atoms with Crippen LogP contribution in [0.2, 0.25) is 0 Å². The minimum atomic E-state index is -0.123. The average Bonchev–Trinajstić information content (AvgIpc) is 3.02. The summed E-state index contributed by atoms with van der Waals surface area (Å²) in [7, 11) is 0. The lowest BCUT2D eigenvalue weighted by atomic mass is 9.88. The first-order valence-corrected chi connectivity index (χ1v) is 8.87. The Balaban J connectivity index is 1.70. The molecule has 4 unspecified atom stereocenters. The number of ether oxygens (including phenoxy) is 1. The van der Waals surface area contributed by atoms with E-state index in [0.29, 0.717) is 12.5 Å². The van der Waals surface area contributed by atoms with Gasteiger partial charge in [-0.05, 0) is 50.6 Å². The number of nitrogens with one attached hydrogen (secondary N) is 1. The van der Waals surface area contributed by atoms with Crippen molar-refractivity contribution >= 4 is 5.91 Å². The summed E-state index contributed by atoms with van der Waals surface area (Å²) in [5.41, 5.74) is 8.17. The molecule has 0 spiro atoms. The summed E-state index contributed by atoms with van der Waals surface area (Å²) in [6.07, 6.45) is 5.06. The second-order valence-electron chi connectivity index (χ2n) is 6.99. The number of hydrogen-bond acceptors (Lipinski definition) is 3. The predicted molar refractivity (Wildman–Crippen MR) is 90.9 cm³/mol. The van der Waals surface area contributed by atoms with Gasteiger partial charge in [-0.1, -0.05) is 36.2 Å². The van der Waals surface area contributed by atoms with Crippen LogP contribution in [0.5, 0.6) is 0 Å². The molecule has 1 aromatic rings. The number of amides is 1. The van der Waals surface area contributed by atoms with E-state index in [0.717, 1.165) is 44.3 Å². The van der Waals surface area contributed by atoms with Crippen molar-refractivity contribution in [2.24, 2.45) is 17.6 Å². The van der Waals surface area contributed by atoms with Gasteiger partial charge >= 0.3 is 0 Å². The number of carbonyl (C=O) groups is 1. The van der Waals surface area contributed by atoms with Gasteiger partial charge in [0.1, 0.15) is 0 Å². The SMILES string of the molecule is Cc1ccc(C2OCCCC2C(=O)NC2CCCC2CN)cc1. The molecule has 0 bridgehead atoms. The quantitative estimate of drug-likeness (QED) is 0.897. The maximum Gasteiger partial charge on any atom is 0.226 e. The highest BCUT2D eigenvalue weighted by molar-refractivity contribution is 5.80. The second-order valence-corrected chi connectivity index (χ2v) is 6.99. The molecule has 2 fully saturated rings. The highest BCUT2D eigenvalue weighted by Gasteiger charge is 2.36. The highest BCUT2D eigenvalue weighted by Crippen LogP contribution is 2.35. The summed E-state index contributed by atoms with van der Waals surface area (Å²) in [5, 5.41) is 3.26. The third kappa shape index (κ3) is 3.75. The summed E-state index contributed by atoms with van der Waals surface area (Å²) < 4.78 is 5.97. The fraction of sp³-hybridized carbons (Fsp3) is 0.632. The number of carbonyl (C=O) groups excluding carboxylic acids is 1. The van der Waals surface area contributed by atoms with Crippen LogP contribution in [0.25, 0.3) is 0 Å². The average molecular weight is 316 g/mol. The summed E-state index contributed by atoms with van der Waals surface area (Å²) in [5.74, 6) is 0.479. The summed E-state index contributed by atoms with van der Waals surface area (Å²) >= 11 is 0. The molecule has 1 heterocycles. The van der Waals surface area contributed by atoms with Crippen LogP contribution in [0.4, 0.5) is 0 Å². The summed E-state index contributed by atoms with van der Waals surface area (Å²) in [4.78, 5) is 12.8. The van der Waals surface area contributed by atoms with Crippen LogP contribution >= 0.6 is 0 Å². The van der Waals surface area contributed by atoms with Gasteiger partial charge in [-0.2, -0.15) is 0 Å². The molecule has 3 rings (SSSR count). The van der Waals surface area contributed by atoms with Crippen molar-refractivity contribution in [2.75, 3.05) is 13.2 Å². The Bertz CT molecular complexity index is 529. The lowest BCUT2D eigenvalue weighted by Crippen LogP contribution is -2.45. The molecule has 1 amide bonds. The van der Waals surface area contributed by atoms with E-state index in [4.69, 9.17) is 10.5 Å². The second kappa shape index (κ2) is 7.45. The molecule has 3 N–H and O–H groups in total. The standard InChI is InChI=1S/C19H28N2O2/c1-13-7-9-14(10-8-13)18-16(5-3-11-23-18)19(22)21-17-6-2-4-15(17)12-20/h7-10,15-18H,2-6,11-12,20H2,1H3,(H,21,22). The van der Waals surface area contributed by atoms with E-state index >= 15 is 0 Å². The van der Waals surface area contributed by atoms with E-state index in [1.54, 1.807) is 0 Å². The highest BCUT2D eigenvalue weighted by atomic mass is 16.5. The third-order valence-corrected chi connectivity index (χ3v) is 5.35. The molecule has 1 aliphatic carbocycles. The van der Waals surface area contributed by atoms with Gasteiger partial charge in [0, 0.05) is 12.6 Å². The Hall–Kier alpha value is -1.39. The number of benzene rings is 1. The van der Waals surface area contributed by atoms with Crippen LogP contribution in [0.3, 0.4) is 0 Å². The summed E-state index contributed by atoms with van der Waals surface area (Å²) in [6.45, 7) is 3.47. The molecule has 1 saturated heterocycles. The molecule has 1 aliphatic heterocycles. The smallest absolute Gasteiger partial charge is 0.226 e. The number of nitrogens with two attached hydrogens (primary N) is 1. The number of hydrogen-bond donors (Lipinski definition) is 2. The van der Waals surface area contributed by atoms with E-state index < -0.39 is 0 Å². The van der Waals surface area contributed by atoms with Crippen LogP contribution < -0.4 is 11.1 Å². The Morgan fingerprint density at radius 1 is 1.22 bits per heavy atom. The zero-order valence-corrected chi connectivity index (χ0v) is 14.0. The van der Waals surface area contributed by atoms with E-state index in [-0.39, 0.29) is 24.0 Å². The first-order chi connectivity index (χ1) is 11.2. The maximum absolute atomic E-state index is 12.8. The Labute approximate surface area is 138 Å².